The molecule has 0 aromatic carbocycles. The number of pyridine rings is 1. The first-order valence-corrected chi connectivity index (χ1v) is 6.41. The quantitative estimate of drug-likeness (QED) is 0.790. The van der Waals surface area contributed by atoms with Crippen LogP contribution in [0.25, 0.3) is 0 Å². The van der Waals surface area contributed by atoms with Gasteiger partial charge >= 0.3 is 0 Å². The van der Waals surface area contributed by atoms with Gasteiger partial charge in [0, 0.05) is 12.2 Å². The Kier molecular flexibility index (Phi) is 5.98. The highest BCUT2D eigenvalue weighted by Gasteiger charge is 2.08. The highest BCUT2D eigenvalue weighted by atomic mass is 16.5. The molecule has 0 aliphatic rings. The van der Waals surface area contributed by atoms with Gasteiger partial charge in [0.25, 0.3) is 0 Å². The van der Waals surface area contributed by atoms with Crippen molar-refractivity contribution < 1.29 is 4.74 Å². The fraction of sp³-hybridized carbons (Fsp3) is 0.643. The molecule has 0 aliphatic heterocycles. The van der Waals surface area contributed by atoms with Gasteiger partial charge in [0.2, 0.25) is 0 Å². The molecule has 0 aliphatic carbocycles. The minimum Gasteiger partial charge on any atom is -0.488 e. The number of aromatic nitrogens is 1. The molecule has 96 valence electrons. The molecule has 17 heavy (non-hydrogen) atoms. The maximum Gasteiger partial charge on any atom is 0.138 e. The lowest BCUT2D eigenvalue weighted by molar-refractivity contribution is 0.191. The topological polar surface area (TPSA) is 34.1 Å². The number of hydrogen-bond donors (Lipinski definition) is 1. The van der Waals surface area contributed by atoms with Crippen molar-refractivity contribution in [2.75, 3.05) is 13.1 Å². The van der Waals surface area contributed by atoms with E-state index in [9.17, 15) is 0 Å². The van der Waals surface area contributed by atoms with E-state index in [0.717, 1.165) is 31.0 Å². The van der Waals surface area contributed by atoms with E-state index in [-0.39, 0.29) is 6.10 Å². The Labute approximate surface area is 105 Å². The Morgan fingerprint density at radius 2 is 2.06 bits per heavy atom. The summed E-state index contributed by atoms with van der Waals surface area (Å²) < 4.78 is 5.88. The molecule has 0 amide bonds. The van der Waals surface area contributed by atoms with Crippen LogP contribution < -0.4 is 10.1 Å². The van der Waals surface area contributed by atoms with Gasteiger partial charge in [-0.3, -0.25) is 4.98 Å². The smallest absolute Gasteiger partial charge is 0.138 e. The van der Waals surface area contributed by atoms with E-state index in [1.54, 1.807) is 6.20 Å². The second-order valence-corrected chi connectivity index (χ2v) is 4.84. The molecule has 3 nitrogen and oxygen atoms in total. The van der Waals surface area contributed by atoms with Crippen molar-refractivity contribution in [1.29, 1.82) is 0 Å². The molecule has 1 aromatic heterocycles. The van der Waals surface area contributed by atoms with E-state index in [1.807, 2.05) is 19.1 Å². The monoisotopic (exact) mass is 236 g/mol. The van der Waals surface area contributed by atoms with Crippen LogP contribution in [0.1, 0.15) is 32.9 Å². The fourth-order valence-electron chi connectivity index (χ4n) is 1.52. The lowest BCUT2D eigenvalue weighted by Gasteiger charge is -2.18. The summed E-state index contributed by atoms with van der Waals surface area (Å²) in [6.45, 7) is 10.5. The fourth-order valence-corrected chi connectivity index (χ4v) is 1.52. The minimum atomic E-state index is 0.221. The molecule has 0 spiro atoms. The Morgan fingerprint density at radius 3 is 2.59 bits per heavy atom. The van der Waals surface area contributed by atoms with E-state index in [0.29, 0.717) is 5.92 Å². The molecule has 0 fully saturated rings. The Hall–Kier alpha value is -1.09. The van der Waals surface area contributed by atoms with Crippen LogP contribution in [-0.2, 0) is 0 Å². The number of hydrogen-bond acceptors (Lipinski definition) is 3. The van der Waals surface area contributed by atoms with E-state index in [4.69, 9.17) is 4.74 Å². The van der Waals surface area contributed by atoms with Gasteiger partial charge < -0.3 is 10.1 Å². The summed E-state index contributed by atoms with van der Waals surface area (Å²) in [4.78, 5) is 4.23. The molecular formula is C14H24N2O. The molecule has 3 heteroatoms. The van der Waals surface area contributed by atoms with Crippen LogP contribution in [0.5, 0.6) is 5.75 Å². The average Bonchev–Trinajstić information content (AvgIpc) is 2.30. The highest BCUT2D eigenvalue weighted by molar-refractivity contribution is 5.19. The number of nitrogens with zero attached hydrogens (tertiary/aromatic N) is 1. The first-order valence-electron chi connectivity index (χ1n) is 6.41. The van der Waals surface area contributed by atoms with Crippen molar-refractivity contribution in [3.8, 4) is 5.75 Å². The summed E-state index contributed by atoms with van der Waals surface area (Å²) in [6, 6.07) is 3.96. The van der Waals surface area contributed by atoms with Gasteiger partial charge in [0.15, 0.2) is 0 Å². The molecule has 1 unspecified atom stereocenters. The maximum atomic E-state index is 5.88. The summed E-state index contributed by atoms with van der Waals surface area (Å²) >= 11 is 0. The van der Waals surface area contributed by atoms with Crippen LogP contribution in [0.15, 0.2) is 18.3 Å². The van der Waals surface area contributed by atoms with Gasteiger partial charge in [0.1, 0.15) is 11.9 Å². The zero-order valence-electron chi connectivity index (χ0n) is 11.4. The second kappa shape index (κ2) is 7.28. The lowest BCUT2D eigenvalue weighted by Crippen LogP contribution is -2.33. The van der Waals surface area contributed by atoms with Crippen LogP contribution in [0.3, 0.4) is 0 Å². The zero-order valence-corrected chi connectivity index (χ0v) is 11.4. The summed E-state index contributed by atoms with van der Waals surface area (Å²) in [5.74, 6) is 1.53. The second-order valence-electron chi connectivity index (χ2n) is 4.84. The van der Waals surface area contributed by atoms with Crippen molar-refractivity contribution in [3.05, 3.63) is 24.0 Å². The van der Waals surface area contributed by atoms with Gasteiger partial charge in [-0.05, 0) is 37.9 Å². The molecular weight excluding hydrogens is 212 g/mol. The summed E-state index contributed by atoms with van der Waals surface area (Å²) in [7, 11) is 0. The van der Waals surface area contributed by atoms with Crippen LogP contribution in [0.4, 0.5) is 0 Å². The molecule has 0 saturated carbocycles. The standard InChI is InChI=1S/C14H24N2O/c1-5-13(9-15-8-11(2)3)17-14-7-6-12(4)16-10-14/h6-7,10-11,13,15H,5,8-9H2,1-4H3. The van der Waals surface area contributed by atoms with Crippen LogP contribution in [0.2, 0.25) is 0 Å². The van der Waals surface area contributed by atoms with Crippen molar-refractivity contribution in [2.24, 2.45) is 5.92 Å². The van der Waals surface area contributed by atoms with Crippen LogP contribution >= 0.6 is 0 Å². The average molecular weight is 236 g/mol. The Morgan fingerprint density at radius 1 is 1.29 bits per heavy atom. The normalized spacial score (nSPS) is 12.8. The van der Waals surface area contributed by atoms with Crippen molar-refractivity contribution in [2.45, 2.75) is 40.2 Å². The van der Waals surface area contributed by atoms with Gasteiger partial charge in [-0.1, -0.05) is 20.8 Å². The summed E-state index contributed by atoms with van der Waals surface area (Å²) in [5.41, 5.74) is 1.02. The Bertz CT molecular complexity index is 309. The number of nitrogens with one attached hydrogen (secondary N) is 1. The van der Waals surface area contributed by atoms with E-state index >= 15 is 0 Å². The zero-order chi connectivity index (χ0) is 12.7. The first-order chi connectivity index (χ1) is 8.11. The molecule has 0 saturated heterocycles. The number of ether oxygens (including phenoxy) is 1. The summed E-state index contributed by atoms with van der Waals surface area (Å²) in [6.07, 6.45) is 3.01. The molecule has 1 atom stereocenters. The molecule has 1 aromatic rings. The van der Waals surface area contributed by atoms with E-state index in [1.165, 1.54) is 0 Å². The molecule has 1 N–H and O–H groups in total. The van der Waals surface area contributed by atoms with Crippen molar-refractivity contribution in [3.63, 3.8) is 0 Å². The SMILES string of the molecule is CCC(CNCC(C)C)Oc1ccc(C)nc1. The third-order valence-electron chi connectivity index (χ3n) is 2.57. The van der Waals surface area contributed by atoms with Crippen LogP contribution in [0, 0.1) is 12.8 Å². The highest BCUT2D eigenvalue weighted by Crippen LogP contribution is 2.12. The molecule has 0 bridgehead atoms. The Balaban J connectivity index is 2.38. The van der Waals surface area contributed by atoms with Gasteiger partial charge in [0.05, 0.1) is 6.20 Å². The van der Waals surface area contributed by atoms with Gasteiger partial charge in [-0.2, -0.15) is 0 Å². The summed E-state index contributed by atoms with van der Waals surface area (Å²) in [5, 5.41) is 3.42. The van der Waals surface area contributed by atoms with Gasteiger partial charge in [-0.25, -0.2) is 0 Å². The first kappa shape index (κ1) is 14.0. The molecule has 1 heterocycles. The van der Waals surface area contributed by atoms with E-state index < -0.39 is 0 Å². The number of rotatable bonds is 7. The van der Waals surface area contributed by atoms with Crippen LogP contribution in [-0.4, -0.2) is 24.2 Å². The predicted molar refractivity (Wildman–Crippen MR) is 71.4 cm³/mol. The predicted octanol–water partition coefficient (Wildman–Crippen LogP) is 2.79. The number of aryl methyl sites for hydroxylation is 1. The lowest BCUT2D eigenvalue weighted by atomic mass is 10.2. The minimum absolute atomic E-state index is 0.221. The third-order valence-corrected chi connectivity index (χ3v) is 2.57. The maximum absolute atomic E-state index is 5.88. The third kappa shape index (κ3) is 5.68. The van der Waals surface area contributed by atoms with Crippen molar-refractivity contribution >= 4 is 0 Å². The van der Waals surface area contributed by atoms with Gasteiger partial charge in [-0.15, -0.1) is 0 Å². The largest absolute Gasteiger partial charge is 0.488 e. The molecule has 0 radical (unpaired) electrons. The molecule has 1 rings (SSSR count). The van der Waals surface area contributed by atoms with Crippen molar-refractivity contribution in [1.82, 2.24) is 10.3 Å². The van der Waals surface area contributed by atoms with E-state index in [2.05, 4.69) is 31.1 Å².